The van der Waals surface area contributed by atoms with Gasteiger partial charge in [0.15, 0.2) is 10.8 Å². The van der Waals surface area contributed by atoms with Crippen LogP contribution in [0, 0.1) is 0 Å². The summed E-state index contributed by atoms with van der Waals surface area (Å²) in [6, 6.07) is 5.43. The lowest BCUT2D eigenvalue weighted by Gasteiger charge is -2.04. The molecule has 0 aliphatic carbocycles. The van der Waals surface area contributed by atoms with Crippen molar-refractivity contribution in [3.63, 3.8) is 0 Å². The molecule has 0 aliphatic heterocycles. The van der Waals surface area contributed by atoms with Crippen molar-refractivity contribution in [1.82, 2.24) is 29.6 Å². The van der Waals surface area contributed by atoms with Crippen LogP contribution >= 0.6 is 34.5 Å². The van der Waals surface area contributed by atoms with Crippen molar-refractivity contribution in [2.24, 2.45) is 7.05 Å². The van der Waals surface area contributed by atoms with Crippen LogP contribution in [0.2, 0.25) is 10.0 Å². The summed E-state index contributed by atoms with van der Waals surface area (Å²) in [5.41, 5.74) is 1.77. The number of hydrogen-bond acceptors (Lipinski definition) is 5. The summed E-state index contributed by atoms with van der Waals surface area (Å²) in [6.07, 6.45) is 4.16. The highest BCUT2D eigenvalue weighted by Crippen LogP contribution is 2.28. The van der Waals surface area contributed by atoms with Gasteiger partial charge in [-0.3, -0.25) is 4.68 Å². The maximum Gasteiger partial charge on any atom is 0.234 e. The Labute approximate surface area is 145 Å². The van der Waals surface area contributed by atoms with Crippen molar-refractivity contribution in [3.8, 4) is 10.6 Å². The number of aromatic nitrogens is 6. The van der Waals surface area contributed by atoms with Crippen molar-refractivity contribution < 1.29 is 0 Å². The third kappa shape index (κ3) is 2.60. The Kier molecular flexibility index (Phi) is 3.56. The van der Waals surface area contributed by atoms with Crippen LogP contribution in [0.4, 0.5) is 0 Å². The summed E-state index contributed by atoms with van der Waals surface area (Å²) in [7, 11) is 1.87. The van der Waals surface area contributed by atoms with E-state index in [0.29, 0.717) is 22.3 Å². The molecule has 0 aliphatic rings. The van der Waals surface area contributed by atoms with Gasteiger partial charge >= 0.3 is 0 Å². The first-order chi connectivity index (χ1) is 11.1. The van der Waals surface area contributed by atoms with E-state index in [9.17, 15) is 0 Å². The van der Waals surface area contributed by atoms with Gasteiger partial charge in [-0.2, -0.15) is 14.7 Å². The predicted octanol–water partition coefficient (Wildman–Crippen LogP) is 3.48. The lowest BCUT2D eigenvalue weighted by Crippen LogP contribution is -1.99. The van der Waals surface area contributed by atoms with Crippen LogP contribution in [-0.2, 0) is 13.5 Å². The minimum atomic E-state index is 0.468. The summed E-state index contributed by atoms with van der Waals surface area (Å²) < 4.78 is 3.47. The second kappa shape index (κ2) is 5.59. The molecule has 0 N–H and O–H groups in total. The molecule has 4 aromatic rings. The first-order valence-corrected chi connectivity index (χ1v) is 8.32. The van der Waals surface area contributed by atoms with E-state index in [0.717, 1.165) is 21.1 Å². The molecule has 0 atom stereocenters. The van der Waals surface area contributed by atoms with Gasteiger partial charge in [-0.25, -0.2) is 0 Å². The molecule has 0 amide bonds. The number of hydrogen-bond donors (Lipinski definition) is 0. The van der Waals surface area contributed by atoms with Gasteiger partial charge in [-0.1, -0.05) is 40.6 Å². The smallest absolute Gasteiger partial charge is 0.234 e. The molecular formula is C14H10Cl2N6S. The molecular weight excluding hydrogens is 355 g/mol. The standard InChI is InChI=1S/C14H10Cl2N6S/c1-21-7-8(6-17-21)13-20-22-12(18-19-14(22)23-13)5-9-10(15)3-2-4-11(9)16/h2-4,6-7H,5H2,1H3. The molecule has 0 spiro atoms. The van der Waals surface area contributed by atoms with Crippen LogP contribution in [0.3, 0.4) is 0 Å². The molecule has 0 saturated carbocycles. The van der Waals surface area contributed by atoms with E-state index in [1.165, 1.54) is 11.3 Å². The fourth-order valence-electron chi connectivity index (χ4n) is 2.28. The van der Waals surface area contributed by atoms with Crippen molar-refractivity contribution in [2.75, 3.05) is 0 Å². The summed E-state index contributed by atoms with van der Waals surface area (Å²) in [6.45, 7) is 0. The fourth-order valence-corrected chi connectivity index (χ4v) is 3.64. The third-order valence-electron chi connectivity index (χ3n) is 3.40. The predicted molar refractivity (Wildman–Crippen MR) is 90.1 cm³/mol. The molecule has 4 rings (SSSR count). The van der Waals surface area contributed by atoms with Crippen molar-refractivity contribution in [3.05, 3.63) is 52.0 Å². The maximum atomic E-state index is 6.23. The molecule has 116 valence electrons. The van der Waals surface area contributed by atoms with Crippen molar-refractivity contribution >= 4 is 39.5 Å². The van der Waals surface area contributed by atoms with Gasteiger partial charge in [-0.15, -0.1) is 10.2 Å². The number of fused-ring (bicyclic) bond motifs is 1. The molecule has 3 heterocycles. The summed E-state index contributed by atoms with van der Waals surface area (Å²) in [4.78, 5) is 0.724. The number of benzene rings is 1. The van der Waals surface area contributed by atoms with E-state index in [4.69, 9.17) is 23.2 Å². The Bertz CT molecular complexity index is 982. The second-order valence-corrected chi connectivity index (χ2v) is 6.77. The van der Waals surface area contributed by atoms with E-state index < -0.39 is 0 Å². The zero-order chi connectivity index (χ0) is 16.0. The first kappa shape index (κ1) is 14.6. The largest absolute Gasteiger partial charge is 0.275 e. The second-order valence-electron chi connectivity index (χ2n) is 5.00. The number of halogens is 2. The highest BCUT2D eigenvalue weighted by molar-refractivity contribution is 7.19. The topological polar surface area (TPSA) is 60.9 Å². The molecule has 23 heavy (non-hydrogen) atoms. The van der Waals surface area contributed by atoms with Crippen LogP contribution in [0.25, 0.3) is 15.5 Å². The minimum absolute atomic E-state index is 0.468. The highest BCUT2D eigenvalue weighted by Gasteiger charge is 2.16. The Morgan fingerprint density at radius 1 is 1.17 bits per heavy atom. The van der Waals surface area contributed by atoms with Crippen LogP contribution in [-0.4, -0.2) is 29.6 Å². The Balaban J connectivity index is 1.75. The summed E-state index contributed by atoms with van der Waals surface area (Å²) >= 11 is 13.9. The number of aryl methyl sites for hydroxylation is 1. The Morgan fingerprint density at radius 3 is 2.65 bits per heavy atom. The van der Waals surface area contributed by atoms with Crippen molar-refractivity contribution in [2.45, 2.75) is 6.42 Å². The van der Waals surface area contributed by atoms with Gasteiger partial charge in [0, 0.05) is 29.7 Å². The van der Waals surface area contributed by atoms with E-state index in [1.54, 1.807) is 15.4 Å². The van der Waals surface area contributed by atoms with Gasteiger partial charge < -0.3 is 0 Å². The molecule has 1 aromatic carbocycles. The maximum absolute atomic E-state index is 6.23. The molecule has 0 saturated heterocycles. The lowest BCUT2D eigenvalue weighted by atomic mass is 10.1. The zero-order valence-corrected chi connectivity index (χ0v) is 14.3. The SMILES string of the molecule is Cn1cc(-c2nn3c(Cc4c(Cl)cccc4Cl)nnc3s2)cn1. The van der Waals surface area contributed by atoms with Gasteiger partial charge in [0.2, 0.25) is 4.96 Å². The monoisotopic (exact) mass is 364 g/mol. The molecule has 6 nitrogen and oxygen atoms in total. The molecule has 0 radical (unpaired) electrons. The molecule has 9 heteroatoms. The Morgan fingerprint density at radius 2 is 1.96 bits per heavy atom. The highest BCUT2D eigenvalue weighted by atomic mass is 35.5. The molecule has 3 aromatic heterocycles. The quantitative estimate of drug-likeness (QED) is 0.558. The molecule has 0 unspecified atom stereocenters. The van der Waals surface area contributed by atoms with Gasteiger partial charge in [0.05, 0.1) is 11.8 Å². The van der Waals surface area contributed by atoms with E-state index in [-0.39, 0.29) is 0 Å². The minimum Gasteiger partial charge on any atom is -0.275 e. The van der Waals surface area contributed by atoms with Crippen LogP contribution in [0.1, 0.15) is 11.4 Å². The third-order valence-corrected chi connectivity index (χ3v) is 5.06. The van der Waals surface area contributed by atoms with Crippen LogP contribution in [0.5, 0.6) is 0 Å². The average Bonchev–Trinajstić information content (AvgIpc) is 3.19. The normalized spacial score (nSPS) is 11.4. The first-order valence-electron chi connectivity index (χ1n) is 6.75. The van der Waals surface area contributed by atoms with Crippen LogP contribution < -0.4 is 0 Å². The molecule has 0 fully saturated rings. The van der Waals surface area contributed by atoms with E-state index >= 15 is 0 Å². The average molecular weight is 365 g/mol. The fraction of sp³-hybridized carbons (Fsp3) is 0.143. The Hall–Kier alpha value is -1.96. The molecule has 0 bridgehead atoms. The van der Waals surface area contributed by atoms with Gasteiger partial charge in [0.1, 0.15) is 0 Å². The van der Waals surface area contributed by atoms with E-state index in [1.807, 2.05) is 31.4 Å². The number of rotatable bonds is 3. The lowest BCUT2D eigenvalue weighted by molar-refractivity contribution is 0.768. The van der Waals surface area contributed by atoms with Crippen molar-refractivity contribution in [1.29, 1.82) is 0 Å². The summed E-state index contributed by atoms with van der Waals surface area (Å²) in [5, 5.41) is 19.2. The van der Waals surface area contributed by atoms with Gasteiger partial charge in [-0.05, 0) is 17.7 Å². The summed E-state index contributed by atoms with van der Waals surface area (Å²) in [5.74, 6) is 0.696. The zero-order valence-electron chi connectivity index (χ0n) is 11.9. The van der Waals surface area contributed by atoms with E-state index in [2.05, 4.69) is 20.4 Å². The van der Waals surface area contributed by atoms with Crippen LogP contribution in [0.15, 0.2) is 30.6 Å². The van der Waals surface area contributed by atoms with Gasteiger partial charge in [0.25, 0.3) is 0 Å². The number of nitrogens with zero attached hydrogens (tertiary/aromatic N) is 6.